The monoisotopic (exact) mass is 665 g/mol. The molecule has 0 saturated carbocycles. The van der Waals surface area contributed by atoms with Crippen LogP contribution in [-0.4, -0.2) is 208 Å². The van der Waals surface area contributed by atoms with Crippen molar-refractivity contribution in [3.8, 4) is 0 Å². The molecule has 1 rings (SSSR count). The van der Waals surface area contributed by atoms with Crippen molar-refractivity contribution in [1.82, 2.24) is 0 Å². The lowest BCUT2D eigenvalue weighted by molar-refractivity contribution is 0.276. The maximum Gasteiger partial charge on any atom is 0.631 e. The van der Waals surface area contributed by atoms with Crippen molar-refractivity contribution < 1.29 is 136 Å². The van der Waals surface area contributed by atoms with Crippen molar-refractivity contribution in [2.75, 3.05) is 0 Å². The molecule has 28 nitrogen and oxygen atoms in total. The van der Waals surface area contributed by atoms with E-state index in [1.165, 1.54) is 0 Å². The van der Waals surface area contributed by atoms with E-state index in [1.54, 1.807) is 0 Å². The fourth-order valence-corrected chi connectivity index (χ4v) is 0.577. The molecule has 0 bridgehead atoms. The molecule has 0 spiro atoms. The first kappa shape index (κ1) is 65.4. The van der Waals surface area contributed by atoms with E-state index < -0.39 is 65.9 Å². The number of allylic oxidation sites excluding steroid dienone is 4. The molecule has 0 saturated heterocycles. The van der Waals surface area contributed by atoms with Crippen LogP contribution in [0.3, 0.4) is 0 Å². The van der Waals surface area contributed by atoms with Gasteiger partial charge in [-0.2, -0.15) is 0 Å². The van der Waals surface area contributed by atoms with Gasteiger partial charge in [-0.25, -0.2) is 0 Å². The molecule has 0 fully saturated rings. The Bertz CT molecular complexity index is 402. The Morgan fingerprint density at radius 3 is 0.432 bits per heavy atom. The van der Waals surface area contributed by atoms with Gasteiger partial charge in [-0.1, -0.05) is 36.5 Å². The maximum absolute atomic E-state index is 7.17. The van der Waals surface area contributed by atoms with Gasteiger partial charge < -0.3 is 141 Å². The first-order valence-electron chi connectivity index (χ1n) is 9.64. The molecule has 258 valence electrons. The predicted molar refractivity (Wildman–Crippen MR) is 147 cm³/mol. The Balaban J connectivity index is -0.0000000449. The molecular formula is C7H36B9NO27. The van der Waals surface area contributed by atoms with E-state index in [-0.39, 0.29) is 6.04 Å². The smallest absolute Gasteiger partial charge is 0.402 e. The van der Waals surface area contributed by atoms with E-state index in [9.17, 15) is 0 Å². The van der Waals surface area contributed by atoms with Crippen LogP contribution in [0.2, 0.25) is 0 Å². The van der Waals surface area contributed by atoms with Gasteiger partial charge in [-0.3, -0.25) is 0 Å². The van der Waals surface area contributed by atoms with E-state index in [0.29, 0.717) is 0 Å². The van der Waals surface area contributed by atoms with Crippen molar-refractivity contribution in [2.24, 2.45) is 5.73 Å². The number of nitrogens with two attached hydrogens (primary N) is 1. The van der Waals surface area contributed by atoms with E-state index >= 15 is 0 Å². The third kappa shape index (κ3) is 1090. The average molecular weight is 664 g/mol. The second-order valence-electron chi connectivity index (χ2n) is 4.85. The molecule has 0 radical (unpaired) electrons. The van der Waals surface area contributed by atoms with Crippen molar-refractivity contribution in [2.45, 2.75) is 6.04 Å². The van der Waals surface area contributed by atoms with Crippen LogP contribution in [0, 0.1) is 0 Å². The summed E-state index contributed by atoms with van der Waals surface area (Å²) in [5.74, 6) is 0. The van der Waals surface area contributed by atoms with Gasteiger partial charge in [0.1, 0.15) is 0 Å². The third-order valence-corrected chi connectivity index (χ3v) is 1.00. The molecule has 0 aliphatic heterocycles. The minimum absolute atomic E-state index is 0.102. The largest absolute Gasteiger partial charge is 0.631 e. The van der Waals surface area contributed by atoms with Gasteiger partial charge >= 0.3 is 65.9 Å². The van der Waals surface area contributed by atoms with E-state index in [4.69, 9.17) is 141 Å². The van der Waals surface area contributed by atoms with Crippen molar-refractivity contribution in [3.63, 3.8) is 0 Å². The zero-order valence-electron chi connectivity index (χ0n) is 21.9. The summed E-state index contributed by atoms with van der Waals surface area (Å²) in [7, 11) is -19.5. The van der Waals surface area contributed by atoms with Crippen LogP contribution in [-0.2, 0) is 0 Å². The highest BCUT2D eigenvalue weighted by molar-refractivity contribution is 6.32. The van der Waals surface area contributed by atoms with Gasteiger partial charge in [0.25, 0.3) is 0 Å². The molecule has 1 aliphatic rings. The number of rotatable bonds is 0. The summed E-state index contributed by atoms with van der Waals surface area (Å²) in [5, 5.41) is 193. The quantitative estimate of drug-likeness (QED) is 0.107. The highest BCUT2D eigenvalue weighted by Gasteiger charge is 1.95. The molecule has 0 aromatic carbocycles. The molecule has 0 heterocycles. The molecule has 0 aromatic heterocycles. The molecular weight excluding hydrogens is 627 g/mol. The molecule has 0 aromatic rings. The predicted octanol–water partition coefficient (Wildman–Crippen LogP) is -17.5. The average Bonchev–Trinajstić information content (AvgIpc) is 2.91. The van der Waals surface area contributed by atoms with Crippen LogP contribution < -0.4 is 5.73 Å². The van der Waals surface area contributed by atoms with Crippen molar-refractivity contribution in [3.05, 3.63) is 36.5 Å². The fourth-order valence-electron chi connectivity index (χ4n) is 0.577. The van der Waals surface area contributed by atoms with Gasteiger partial charge in [0, 0.05) is 6.04 Å². The zero-order chi connectivity index (χ0) is 38.0. The summed E-state index contributed by atoms with van der Waals surface area (Å²) < 4.78 is 0. The van der Waals surface area contributed by atoms with Crippen LogP contribution in [0.4, 0.5) is 0 Å². The van der Waals surface area contributed by atoms with Gasteiger partial charge in [0.15, 0.2) is 0 Å². The minimum atomic E-state index is -2.17. The second kappa shape index (κ2) is 57.4. The molecule has 37 heteroatoms. The van der Waals surface area contributed by atoms with Gasteiger partial charge in [0.05, 0.1) is 0 Å². The highest BCUT2D eigenvalue weighted by atomic mass is 16.6. The van der Waals surface area contributed by atoms with Gasteiger partial charge in [-0.15, -0.1) is 0 Å². The van der Waals surface area contributed by atoms with E-state index in [1.807, 2.05) is 36.5 Å². The van der Waals surface area contributed by atoms with Gasteiger partial charge in [0.2, 0.25) is 0 Å². The Kier molecular flexibility index (Phi) is 85.2. The first-order valence-corrected chi connectivity index (χ1v) is 9.64. The lowest BCUT2D eigenvalue weighted by atomic mass is 10.3. The normalized spacial score (nSPS) is 9.00. The van der Waals surface area contributed by atoms with Crippen LogP contribution in [0.5, 0.6) is 0 Å². The molecule has 0 unspecified atom stereocenters. The van der Waals surface area contributed by atoms with Crippen molar-refractivity contribution in [1.29, 1.82) is 0 Å². The Morgan fingerprint density at radius 2 is 0.341 bits per heavy atom. The summed E-state index contributed by atoms with van der Waals surface area (Å²) in [6, 6.07) is 0.102. The molecule has 0 atom stereocenters. The topological polar surface area (TPSA) is 572 Å². The summed E-state index contributed by atoms with van der Waals surface area (Å²) >= 11 is 0. The van der Waals surface area contributed by atoms with Crippen LogP contribution >= 0.6 is 0 Å². The minimum Gasteiger partial charge on any atom is -0.402 e. The zero-order valence-corrected chi connectivity index (χ0v) is 21.9. The summed E-state index contributed by atoms with van der Waals surface area (Å²) in [6.07, 6.45) is 11.7. The molecule has 29 N–H and O–H groups in total. The van der Waals surface area contributed by atoms with Crippen LogP contribution in [0.25, 0.3) is 0 Å². The lowest BCUT2D eigenvalue weighted by Gasteiger charge is -1.91. The fraction of sp³-hybridized carbons (Fsp3) is 0.143. The Hall–Kier alpha value is -1.32. The van der Waals surface area contributed by atoms with E-state index in [0.717, 1.165) is 0 Å². The number of hydrogen-bond donors (Lipinski definition) is 28. The van der Waals surface area contributed by atoms with Crippen molar-refractivity contribution >= 4 is 65.9 Å². The second-order valence-corrected chi connectivity index (χ2v) is 4.85. The standard InChI is InChI=1S/C7H9N.9BH3O3/c8-7-5-3-1-2-4-6-7;9*2-1(3)4/h1-7H,8H2;9*2-4H. The molecule has 0 amide bonds. The summed E-state index contributed by atoms with van der Waals surface area (Å²) in [5.41, 5.74) is 5.52. The molecule has 1 aliphatic carbocycles. The summed E-state index contributed by atoms with van der Waals surface area (Å²) in [4.78, 5) is 0. The SMILES string of the molecule is NC1C=CC=CC=C1.OB(O)O.OB(O)O.OB(O)O.OB(O)O.OB(O)O.OB(O)O.OB(O)O.OB(O)O.OB(O)O. The first-order chi connectivity index (χ1) is 19.5. The Morgan fingerprint density at radius 1 is 0.250 bits per heavy atom. The van der Waals surface area contributed by atoms with Crippen LogP contribution in [0.15, 0.2) is 36.5 Å². The highest BCUT2D eigenvalue weighted by Crippen LogP contribution is 1.91. The molecule has 44 heavy (non-hydrogen) atoms. The summed E-state index contributed by atoms with van der Waals surface area (Å²) in [6.45, 7) is 0. The van der Waals surface area contributed by atoms with Gasteiger partial charge in [-0.05, 0) is 0 Å². The lowest BCUT2D eigenvalue weighted by Crippen LogP contribution is -2.11. The number of hydrogen-bond acceptors (Lipinski definition) is 28. The Labute approximate surface area is 250 Å². The maximum atomic E-state index is 7.17. The van der Waals surface area contributed by atoms with E-state index in [2.05, 4.69) is 0 Å². The third-order valence-electron chi connectivity index (χ3n) is 1.00. The van der Waals surface area contributed by atoms with Crippen LogP contribution in [0.1, 0.15) is 0 Å².